The van der Waals surface area contributed by atoms with E-state index in [1.807, 2.05) is 17.9 Å². The Morgan fingerprint density at radius 3 is 2.44 bits per heavy atom. The normalized spacial score (nSPS) is 17.7. The Bertz CT molecular complexity index is 1770. The first-order valence-corrected chi connectivity index (χ1v) is 15.2. The molecule has 2 fully saturated rings. The van der Waals surface area contributed by atoms with Crippen LogP contribution >= 0.6 is 0 Å². The minimum atomic E-state index is -4.27. The molecule has 0 spiro atoms. The Morgan fingerprint density at radius 2 is 1.77 bits per heavy atom. The Balaban J connectivity index is 1.35. The van der Waals surface area contributed by atoms with Gasteiger partial charge in [0.1, 0.15) is 32.8 Å². The summed E-state index contributed by atoms with van der Waals surface area (Å²) in [4.78, 5) is 23.2. The molecule has 2 heterocycles. The van der Waals surface area contributed by atoms with Gasteiger partial charge in [-0.1, -0.05) is 18.2 Å². The van der Waals surface area contributed by atoms with Crippen LogP contribution in [0.25, 0.3) is 11.4 Å². The van der Waals surface area contributed by atoms with Crippen molar-refractivity contribution in [2.24, 2.45) is 0 Å². The van der Waals surface area contributed by atoms with Gasteiger partial charge in [0.05, 0.1) is 24.9 Å². The number of benzene rings is 3. The number of nitrogens with zero attached hydrogens (tertiary/aromatic N) is 3. The second kappa shape index (κ2) is 11.3. The van der Waals surface area contributed by atoms with Crippen molar-refractivity contribution in [1.29, 1.82) is 0 Å². The standard InChI is InChI=1S/C31H28F2N4O5S/c1-20-19-41-16-15-37(20)28-18-27(31(13-14-31)43(39,40)26-12-9-22(32)17-25(26)33)35-29(36-28)21-7-10-23(11-8-21)34-30(38)42-24-5-3-2-4-6-24/h2-12,17-18,20H,13-16,19H2,1H3,(H,34,38)/t20-/m0/s1. The van der Waals surface area contributed by atoms with E-state index in [4.69, 9.17) is 14.5 Å². The summed E-state index contributed by atoms with van der Waals surface area (Å²) in [7, 11) is -4.27. The molecule has 1 saturated carbocycles. The summed E-state index contributed by atoms with van der Waals surface area (Å²) in [5.74, 6) is -0.815. The molecule has 1 aromatic heterocycles. The predicted molar refractivity (Wildman–Crippen MR) is 156 cm³/mol. The van der Waals surface area contributed by atoms with Gasteiger partial charge in [0.2, 0.25) is 0 Å². The third-order valence-electron chi connectivity index (χ3n) is 7.59. The summed E-state index contributed by atoms with van der Waals surface area (Å²) >= 11 is 0. The molecule has 43 heavy (non-hydrogen) atoms. The molecule has 3 aromatic carbocycles. The second-order valence-electron chi connectivity index (χ2n) is 10.5. The highest BCUT2D eigenvalue weighted by molar-refractivity contribution is 7.92. The van der Waals surface area contributed by atoms with Gasteiger partial charge in [0.25, 0.3) is 0 Å². The first-order chi connectivity index (χ1) is 20.7. The topological polar surface area (TPSA) is 111 Å². The highest BCUT2D eigenvalue weighted by Crippen LogP contribution is 2.55. The number of anilines is 2. The molecule has 1 aliphatic heterocycles. The van der Waals surface area contributed by atoms with Gasteiger partial charge in [-0.25, -0.2) is 32.0 Å². The third-order valence-corrected chi connectivity index (χ3v) is 10.1. The Kier molecular flexibility index (Phi) is 7.57. The number of carbonyl (C=O) groups is 1. The number of carbonyl (C=O) groups excluding carboxylic acids is 1. The second-order valence-corrected chi connectivity index (χ2v) is 12.8. The van der Waals surface area contributed by atoms with Gasteiger partial charge in [0.15, 0.2) is 15.7 Å². The van der Waals surface area contributed by atoms with Crippen molar-refractivity contribution < 1.29 is 31.5 Å². The van der Waals surface area contributed by atoms with Crippen LogP contribution in [0, 0.1) is 11.6 Å². The van der Waals surface area contributed by atoms with E-state index in [0.29, 0.717) is 48.6 Å². The molecular formula is C31H28F2N4O5S. The number of para-hydroxylation sites is 1. The van der Waals surface area contributed by atoms with Crippen molar-refractivity contribution in [1.82, 2.24) is 9.97 Å². The van der Waals surface area contributed by atoms with Crippen LogP contribution in [-0.4, -0.2) is 50.3 Å². The molecule has 0 bridgehead atoms. The SMILES string of the molecule is C[C@H]1COCCN1c1cc(C2(S(=O)(=O)c3ccc(F)cc3F)CC2)nc(-c2ccc(NC(=O)Oc3ccccc3)cc2)n1. The van der Waals surface area contributed by atoms with E-state index in [1.165, 1.54) is 0 Å². The molecule has 12 heteroatoms. The fourth-order valence-corrected chi connectivity index (χ4v) is 7.14. The maximum absolute atomic E-state index is 14.7. The van der Waals surface area contributed by atoms with Crippen molar-refractivity contribution in [3.63, 3.8) is 0 Å². The maximum Gasteiger partial charge on any atom is 0.417 e. The van der Waals surface area contributed by atoms with E-state index in [9.17, 15) is 22.0 Å². The minimum absolute atomic E-state index is 0.0344. The van der Waals surface area contributed by atoms with Crippen molar-refractivity contribution in [3.05, 3.63) is 96.2 Å². The molecule has 1 atom stereocenters. The highest BCUT2D eigenvalue weighted by atomic mass is 32.2. The number of hydrogen-bond acceptors (Lipinski definition) is 8. The lowest BCUT2D eigenvalue weighted by atomic mass is 10.1. The van der Waals surface area contributed by atoms with E-state index < -0.39 is 37.2 Å². The van der Waals surface area contributed by atoms with Crippen LogP contribution in [0.15, 0.2) is 83.8 Å². The molecule has 2 aliphatic rings. The van der Waals surface area contributed by atoms with E-state index >= 15 is 0 Å². The van der Waals surface area contributed by atoms with Crippen LogP contribution in [0.1, 0.15) is 25.5 Å². The average molecular weight is 607 g/mol. The summed E-state index contributed by atoms with van der Waals surface area (Å²) in [6, 6.07) is 19.5. The number of aromatic nitrogens is 2. The number of morpholine rings is 1. The van der Waals surface area contributed by atoms with Crippen molar-refractivity contribution in [2.75, 3.05) is 30.0 Å². The van der Waals surface area contributed by atoms with E-state index in [2.05, 4.69) is 10.3 Å². The first kappa shape index (κ1) is 28.7. The average Bonchev–Trinajstić information content (AvgIpc) is 3.81. The van der Waals surface area contributed by atoms with Gasteiger partial charge >= 0.3 is 6.09 Å². The third kappa shape index (κ3) is 5.67. The molecule has 6 rings (SSSR count). The lowest BCUT2D eigenvalue weighted by Crippen LogP contribution is -2.44. The lowest BCUT2D eigenvalue weighted by Gasteiger charge is -2.34. The molecule has 4 aromatic rings. The summed E-state index contributed by atoms with van der Waals surface area (Å²) in [5.41, 5.74) is 1.28. The van der Waals surface area contributed by atoms with Crippen molar-refractivity contribution in [3.8, 4) is 17.1 Å². The van der Waals surface area contributed by atoms with Crippen molar-refractivity contribution >= 4 is 27.4 Å². The monoisotopic (exact) mass is 606 g/mol. The first-order valence-electron chi connectivity index (χ1n) is 13.7. The molecule has 0 unspecified atom stereocenters. The van der Waals surface area contributed by atoms with Gasteiger partial charge in [-0.15, -0.1) is 0 Å². The van der Waals surface area contributed by atoms with E-state index in [0.717, 1.165) is 12.1 Å². The Labute approximate surface area is 247 Å². The minimum Gasteiger partial charge on any atom is -0.410 e. The van der Waals surface area contributed by atoms with Crippen molar-refractivity contribution in [2.45, 2.75) is 35.4 Å². The van der Waals surface area contributed by atoms with Crippen LogP contribution < -0.4 is 15.0 Å². The van der Waals surface area contributed by atoms with Gasteiger partial charge in [-0.05, 0) is 68.3 Å². The largest absolute Gasteiger partial charge is 0.417 e. The Morgan fingerprint density at radius 1 is 1.02 bits per heavy atom. The molecule has 1 aliphatic carbocycles. The lowest BCUT2D eigenvalue weighted by molar-refractivity contribution is 0.0985. The number of ether oxygens (including phenoxy) is 2. The van der Waals surface area contributed by atoms with Gasteiger partial charge < -0.3 is 14.4 Å². The number of sulfone groups is 1. The summed E-state index contributed by atoms with van der Waals surface area (Å²) in [5, 5.41) is 2.67. The number of nitrogens with one attached hydrogen (secondary N) is 1. The van der Waals surface area contributed by atoms with Crippen LogP contribution in [0.2, 0.25) is 0 Å². The van der Waals surface area contributed by atoms with Crippen LogP contribution in [-0.2, 0) is 19.3 Å². The van der Waals surface area contributed by atoms with Crippen LogP contribution in [0.3, 0.4) is 0 Å². The van der Waals surface area contributed by atoms with E-state index in [-0.39, 0.29) is 30.4 Å². The summed E-state index contributed by atoms with van der Waals surface area (Å²) in [6.07, 6.45) is -0.199. The van der Waals surface area contributed by atoms with Gasteiger partial charge in [0, 0.05) is 29.9 Å². The fraction of sp³-hybridized carbons (Fsp3) is 0.258. The molecule has 0 radical (unpaired) electrons. The molecular weight excluding hydrogens is 578 g/mol. The van der Waals surface area contributed by atoms with Gasteiger partial charge in [-0.3, -0.25) is 5.32 Å². The molecule has 1 saturated heterocycles. The van der Waals surface area contributed by atoms with Crippen LogP contribution in [0.4, 0.5) is 25.1 Å². The van der Waals surface area contributed by atoms with Crippen LogP contribution in [0.5, 0.6) is 5.75 Å². The summed E-state index contributed by atoms with van der Waals surface area (Å²) < 4.78 is 65.3. The number of hydrogen-bond donors (Lipinski definition) is 1. The zero-order chi connectivity index (χ0) is 30.2. The smallest absolute Gasteiger partial charge is 0.410 e. The quantitative estimate of drug-likeness (QED) is 0.266. The number of halogens is 2. The van der Waals surface area contributed by atoms with Gasteiger partial charge in [-0.2, -0.15) is 0 Å². The molecule has 1 amide bonds. The molecule has 222 valence electrons. The van der Waals surface area contributed by atoms with E-state index in [1.54, 1.807) is 54.6 Å². The fourth-order valence-electron chi connectivity index (χ4n) is 5.13. The Hall–Kier alpha value is -4.42. The highest BCUT2D eigenvalue weighted by Gasteiger charge is 2.58. The zero-order valence-corrected chi connectivity index (χ0v) is 24.0. The number of amides is 1. The molecule has 9 nitrogen and oxygen atoms in total. The maximum atomic E-state index is 14.7. The zero-order valence-electron chi connectivity index (χ0n) is 23.2. The number of rotatable bonds is 7. The predicted octanol–water partition coefficient (Wildman–Crippen LogP) is 5.72. The molecule has 1 N–H and O–H groups in total. The summed E-state index contributed by atoms with van der Waals surface area (Å²) in [6.45, 7) is 3.46.